The smallest absolute Gasteiger partial charge is 0.317 e. The Hall–Kier alpha value is -3.10. The third-order valence-corrected chi connectivity index (χ3v) is 6.10. The molecule has 1 saturated heterocycles. The third-order valence-electron chi connectivity index (χ3n) is 6.10. The van der Waals surface area contributed by atoms with Gasteiger partial charge < -0.3 is 25.8 Å². The van der Waals surface area contributed by atoms with Crippen molar-refractivity contribution in [2.45, 2.75) is 12.6 Å². The zero-order valence-electron chi connectivity index (χ0n) is 20.9. The number of carbonyl (C=O) groups is 4. The van der Waals surface area contributed by atoms with Crippen LogP contribution in [-0.2, 0) is 30.5 Å². The van der Waals surface area contributed by atoms with Gasteiger partial charge in [-0.2, -0.15) is 0 Å². The minimum Gasteiger partial charge on any atom is -0.480 e. The highest BCUT2D eigenvalue weighted by Crippen LogP contribution is 2.08. The Morgan fingerprint density at radius 3 is 1.51 bits per heavy atom. The van der Waals surface area contributed by atoms with E-state index in [1.807, 2.05) is 30.3 Å². The summed E-state index contributed by atoms with van der Waals surface area (Å²) in [4.78, 5) is 53.4. The average molecular weight is 524 g/mol. The number of carbonyl (C=O) groups excluding carboxylic acids is 1. The lowest BCUT2D eigenvalue weighted by Crippen LogP contribution is -2.54. The van der Waals surface area contributed by atoms with Crippen molar-refractivity contribution in [1.82, 2.24) is 19.6 Å². The fraction of sp³-hybridized carbons (Fsp3) is 0.583. The van der Waals surface area contributed by atoms with Gasteiger partial charge in [0.25, 0.3) is 0 Å². The molecule has 206 valence electrons. The molecular weight excluding hydrogens is 486 g/mol. The first-order valence-electron chi connectivity index (χ1n) is 12.1. The van der Waals surface area contributed by atoms with E-state index < -0.39 is 29.9 Å². The molecule has 1 aliphatic rings. The van der Waals surface area contributed by atoms with Crippen molar-refractivity contribution in [3.05, 3.63) is 35.9 Å². The standard InChI is InChI=1S/C24H37N5O8/c25-24(36)20(18-37-17-19-4-2-1-3-5-19)29-12-10-27(15-22(32)33)8-6-26(14-21(30)31)7-9-28(11-13-29)16-23(34)35/h1-5,20H,6-18H2,(H2,25,36)(H,30,31)(H,32,33)(H,34,35). The van der Waals surface area contributed by atoms with Crippen molar-refractivity contribution in [3.63, 3.8) is 0 Å². The van der Waals surface area contributed by atoms with Crippen LogP contribution in [0.5, 0.6) is 0 Å². The summed E-state index contributed by atoms with van der Waals surface area (Å²) < 4.78 is 5.78. The van der Waals surface area contributed by atoms with Gasteiger partial charge in [0.2, 0.25) is 5.91 Å². The number of benzene rings is 1. The highest BCUT2D eigenvalue weighted by molar-refractivity contribution is 5.80. The van der Waals surface area contributed by atoms with Gasteiger partial charge in [-0.3, -0.25) is 38.8 Å². The molecular formula is C24H37N5O8. The molecule has 1 aromatic carbocycles. The van der Waals surface area contributed by atoms with E-state index in [0.29, 0.717) is 13.1 Å². The van der Waals surface area contributed by atoms with Crippen LogP contribution in [0.15, 0.2) is 30.3 Å². The maximum absolute atomic E-state index is 12.4. The van der Waals surface area contributed by atoms with E-state index in [-0.39, 0.29) is 72.1 Å². The highest BCUT2D eigenvalue weighted by atomic mass is 16.5. The van der Waals surface area contributed by atoms with Crippen LogP contribution in [0, 0.1) is 0 Å². The van der Waals surface area contributed by atoms with Gasteiger partial charge in [0.05, 0.1) is 32.8 Å². The monoisotopic (exact) mass is 523 g/mol. The molecule has 0 spiro atoms. The number of amides is 1. The number of nitrogens with two attached hydrogens (primary N) is 1. The van der Waals surface area contributed by atoms with Crippen molar-refractivity contribution < 1.29 is 39.2 Å². The third kappa shape index (κ3) is 12.1. The predicted molar refractivity (Wildman–Crippen MR) is 133 cm³/mol. The van der Waals surface area contributed by atoms with E-state index in [1.165, 1.54) is 0 Å². The second-order valence-corrected chi connectivity index (χ2v) is 8.96. The Bertz CT molecular complexity index is 855. The largest absolute Gasteiger partial charge is 0.480 e. The minimum absolute atomic E-state index is 0.0223. The lowest BCUT2D eigenvalue weighted by Gasteiger charge is -2.35. The number of aliphatic carboxylic acids is 3. The maximum atomic E-state index is 12.4. The lowest BCUT2D eigenvalue weighted by molar-refractivity contribution is -0.140. The molecule has 2 rings (SSSR count). The van der Waals surface area contributed by atoms with E-state index in [1.54, 1.807) is 19.6 Å². The molecule has 1 atom stereocenters. The van der Waals surface area contributed by atoms with E-state index in [4.69, 9.17) is 10.5 Å². The second-order valence-electron chi connectivity index (χ2n) is 8.96. The summed E-state index contributed by atoms with van der Waals surface area (Å²) in [6, 6.07) is 8.65. The molecule has 0 aliphatic carbocycles. The number of hydrogen-bond acceptors (Lipinski definition) is 9. The number of primary amides is 1. The number of nitrogens with zero attached hydrogens (tertiary/aromatic N) is 4. The topological polar surface area (TPSA) is 177 Å². The van der Waals surface area contributed by atoms with E-state index in [9.17, 15) is 34.5 Å². The molecule has 1 fully saturated rings. The Kier molecular flexibility index (Phi) is 12.9. The average Bonchev–Trinajstić information content (AvgIpc) is 2.82. The Morgan fingerprint density at radius 2 is 1.14 bits per heavy atom. The summed E-state index contributed by atoms with van der Waals surface area (Å²) in [5.41, 5.74) is 6.66. The molecule has 1 heterocycles. The van der Waals surface area contributed by atoms with Crippen molar-refractivity contribution in [1.29, 1.82) is 0 Å². The first kappa shape index (κ1) is 30.1. The molecule has 37 heavy (non-hydrogen) atoms. The first-order valence-corrected chi connectivity index (χ1v) is 12.1. The van der Waals surface area contributed by atoms with E-state index in [2.05, 4.69) is 0 Å². The molecule has 0 bridgehead atoms. The number of carboxylic acid groups (broad SMARTS) is 3. The summed E-state index contributed by atoms with van der Waals surface area (Å²) in [6.07, 6.45) is 0. The SMILES string of the molecule is NC(=O)C(COCc1ccccc1)N1CCN(CC(=O)O)CCN(CC(=O)O)CCN(CC(=O)O)CC1. The van der Waals surface area contributed by atoms with Gasteiger partial charge in [0, 0.05) is 52.4 Å². The molecule has 5 N–H and O–H groups in total. The number of rotatable bonds is 12. The highest BCUT2D eigenvalue weighted by Gasteiger charge is 2.27. The molecule has 0 saturated carbocycles. The summed E-state index contributed by atoms with van der Waals surface area (Å²) >= 11 is 0. The van der Waals surface area contributed by atoms with Crippen LogP contribution < -0.4 is 5.73 Å². The van der Waals surface area contributed by atoms with Crippen molar-refractivity contribution in [3.8, 4) is 0 Å². The van der Waals surface area contributed by atoms with Gasteiger partial charge in [-0.15, -0.1) is 0 Å². The van der Waals surface area contributed by atoms with E-state index in [0.717, 1.165) is 5.56 Å². The molecule has 0 aromatic heterocycles. The van der Waals surface area contributed by atoms with Gasteiger partial charge in [-0.05, 0) is 5.56 Å². The Balaban J connectivity index is 2.18. The molecule has 0 radical (unpaired) electrons. The lowest BCUT2D eigenvalue weighted by atomic mass is 10.2. The van der Waals surface area contributed by atoms with Crippen LogP contribution in [0.25, 0.3) is 0 Å². The van der Waals surface area contributed by atoms with Crippen LogP contribution in [0.2, 0.25) is 0 Å². The first-order chi connectivity index (χ1) is 17.6. The van der Waals surface area contributed by atoms with Gasteiger partial charge in [-0.25, -0.2) is 0 Å². The van der Waals surface area contributed by atoms with Gasteiger partial charge in [0.1, 0.15) is 6.04 Å². The molecule has 1 aliphatic heterocycles. The Labute approximate surface area is 216 Å². The van der Waals surface area contributed by atoms with Crippen LogP contribution in [0.1, 0.15) is 5.56 Å². The van der Waals surface area contributed by atoms with Crippen molar-refractivity contribution in [2.75, 3.05) is 78.6 Å². The molecule has 1 aromatic rings. The van der Waals surface area contributed by atoms with Crippen LogP contribution in [0.3, 0.4) is 0 Å². The second kappa shape index (κ2) is 15.9. The number of ether oxygens (including phenoxy) is 1. The summed E-state index contributed by atoms with van der Waals surface area (Å²) in [5.74, 6) is -3.66. The molecule has 1 amide bonds. The Morgan fingerprint density at radius 1 is 0.730 bits per heavy atom. The van der Waals surface area contributed by atoms with Gasteiger partial charge >= 0.3 is 17.9 Å². The summed E-state index contributed by atoms with van der Waals surface area (Å²) in [6.45, 7) is 1.89. The quantitative estimate of drug-likeness (QED) is 0.251. The number of carboxylic acids is 3. The van der Waals surface area contributed by atoms with Crippen LogP contribution in [-0.4, -0.2) is 143 Å². The summed E-state index contributed by atoms with van der Waals surface area (Å²) in [7, 11) is 0. The number of hydrogen-bond donors (Lipinski definition) is 4. The van der Waals surface area contributed by atoms with Crippen molar-refractivity contribution >= 4 is 23.8 Å². The van der Waals surface area contributed by atoms with E-state index >= 15 is 0 Å². The van der Waals surface area contributed by atoms with Gasteiger partial charge in [0.15, 0.2) is 0 Å². The fourth-order valence-electron chi connectivity index (χ4n) is 4.14. The molecule has 13 nitrogen and oxygen atoms in total. The van der Waals surface area contributed by atoms with Crippen LogP contribution >= 0.6 is 0 Å². The van der Waals surface area contributed by atoms with Crippen LogP contribution in [0.4, 0.5) is 0 Å². The minimum atomic E-state index is -1.02. The van der Waals surface area contributed by atoms with Gasteiger partial charge in [-0.1, -0.05) is 30.3 Å². The zero-order valence-corrected chi connectivity index (χ0v) is 20.9. The summed E-state index contributed by atoms with van der Waals surface area (Å²) in [5, 5.41) is 28.0. The molecule has 13 heteroatoms. The maximum Gasteiger partial charge on any atom is 0.317 e. The predicted octanol–water partition coefficient (Wildman–Crippen LogP) is -1.47. The van der Waals surface area contributed by atoms with Crippen molar-refractivity contribution in [2.24, 2.45) is 5.73 Å². The molecule has 1 unspecified atom stereocenters. The zero-order chi connectivity index (χ0) is 27.2. The fourth-order valence-corrected chi connectivity index (χ4v) is 4.14. The normalized spacial score (nSPS) is 18.4.